The average Bonchev–Trinajstić information content (AvgIpc) is 3.47. The van der Waals surface area contributed by atoms with Crippen LogP contribution >= 0.6 is 11.3 Å². The molecule has 1 amide bonds. The Hall–Kier alpha value is -3.32. The van der Waals surface area contributed by atoms with Crippen LogP contribution in [-0.4, -0.2) is 41.0 Å². The molecule has 3 aromatic heterocycles. The number of thiophene rings is 1. The summed E-state index contributed by atoms with van der Waals surface area (Å²) in [6.07, 6.45) is 2.58. The minimum Gasteiger partial charge on any atom is -0.493 e. The Morgan fingerprint density at radius 1 is 1.13 bits per heavy atom. The third-order valence-electron chi connectivity index (χ3n) is 5.86. The Balaban J connectivity index is 1.61. The number of fused-ring (bicyclic) bond motifs is 2. The Morgan fingerprint density at radius 3 is 2.65 bits per heavy atom. The smallest absolute Gasteiger partial charge is 0.274 e. The van der Waals surface area contributed by atoms with Gasteiger partial charge in [0.15, 0.2) is 11.5 Å². The summed E-state index contributed by atoms with van der Waals surface area (Å²) in [5.74, 6) is 1.31. The molecule has 0 fully saturated rings. The van der Waals surface area contributed by atoms with Gasteiger partial charge in [0.05, 0.1) is 20.3 Å². The number of aromatic nitrogens is 2. The van der Waals surface area contributed by atoms with E-state index in [1.807, 2.05) is 64.2 Å². The van der Waals surface area contributed by atoms with Gasteiger partial charge in [0, 0.05) is 23.3 Å². The van der Waals surface area contributed by atoms with Crippen molar-refractivity contribution in [1.82, 2.24) is 14.3 Å². The van der Waals surface area contributed by atoms with Crippen LogP contribution in [0.3, 0.4) is 0 Å². The van der Waals surface area contributed by atoms with Crippen molar-refractivity contribution >= 4 is 22.9 Å². The van der Waals surface area contributed by atoms with E-state index in [9.17, 15) is 4.79 Å². The summed E-state index contributed by atoms with van der Waals surface area (Å²) in [6, 6.07) is 13.8. The molecule has 0 unspecified atom stereocenters. The van der Waals surface area contributed by atoms with E-state index < -0.39 is 0 Å². The highest BCUT2D eigenvalue weighted by molar-refractivity contribution is 7.10. The highest BCUT2D eigenvalue weighted by Crippen LogP contribution is 2.42. The van der Waals surface area contributed by atoms with Gasteiger partial charge in [-0.05, 0) is 60.2 Å². The molecule has 0 spiro atoms. The van der Waals surface area contributed by atoms with E-state index in [-0.39, 0.29) is 11.9 Å². The first-order valence-corrected chi connectivity index (χ1v) is 11.0. The van der Waals surface area contributed by atoms with Crippen molar-refractivity contribution in [1.29, 1.82) is 0 Å². The lowest BCUT2D eigenvalue weighted by Gasteiger charge is -2.37. The number of aryl methyl sites for hydroxylation is 1. The number of nitrogens with zero attached hydrogens (tertiary/aromatic N) is 3. The van der Waals surface area contributed by atoms with E-state index in [4.69, 9.17) is 9.47 Å². The third-order valence-corrected chi connectivity index (χ3v) is 6.79. The molecule has 4 heterocycles. The van der Waals surface area contributed by atoms with Crippen LogP contribution in [-0.2, 0) is 6.42 Å². The minimum atomic E-state index is -0.193. The van der Waals surface area contributed by atoms with Gasteiger partial charge >= 0.3 is 0 Å². The van der Waals surface area contributed by atoms with E-state index in [0.29, 0.717) is 23.7 Å². The summed E-state index contributed by atoms with van der Waals surface area (Å²) in [7, 11) is 3.28. The molecule has 0 N–H and O–H groups in total. The van der Waals surface area contributed by atoms with Crippen molar-refractivity contribution < 1.29 is 14.3 Å². The molecular weight excluding hydrogens is 410 g/mol. The second-order valence-corrected chi connectivity index (χ2v) is 8.57. The number of pyridine rings is 1. The Labute approximate surface area is 184 Å². The van der Waals surface area contributed by atoms with E-state index in [2.05, 4.69) is 11.1 Å². The predicted octanol–water partition coefficient (Wildman–Crippen LogP) is 4.51. The van der Waals surface area contributed by atoms with Crippen molar-refractivity contribution in [3.8, 4) is 11.5 Å². The van der Waals surface area contributed by atoms with Crippen molar-refractivity contribution in [2.24, 2.45) is 0 Å². The first kappa shape index (κ1) is 19.6. The molecule has 0 aliphatic carbocycles. The second-order valence-electron chi connectivity index (χ2n) is 7.59. The Morgan fingerprint density at radius 2 is 1.94 bits per heavy atom. The molecule has 31 heavy (non-hydrogen) atoms. The first-order chi connectivity index (χ1) is 15.1. The molecule has 7 heteroatoms. The monoisotopic (exact) mass is 433 g/mol. The Bertz CT molecular complexity index is 1260. The number of imidazole rings is 1. The van der Waals surface area contributed by atoms with Crippen LogP contribution in [0.4, 0.5) is 0 Å². The maximum atomic E-state index is 13.7. The number of ether oxygens (including phenoxy) is 2. The van der Waals surface area contributed by atoms with Crippen molar-refractivity contribution in [3.05, 3.63) is 81.4 Å². The molecule has 4 aromatic rings. The van der Waals surface area contributed by atoms with Crippen LogP contribution in [0.5, 0.6) is 11.5 Å². The number of hydrogen-bond acceptors (Lipinski definition) is 5. The van der Waals surface area contributed by atoms with Crippen molar-refractivity contribution in [2.75, 3.05) is 20.8 Å². The number of benzene rings is 1. The highest BCUT2D eigenvalue weighted by Gasteiger charge is 2.35. The van der Waals surface area contributed by atoms with Crippen LogP contribution in [0.25, 0.3) is 5.65 Å². The molecule has 6 nitrogen and oxygen atoms in total. The quantitative estimate of drug-likeness (QED) is 0.475. The van der Waals surface area contributed by atoms with Gasteiger partial charge in [-0.15, -0.1) is 11.3 Å². The number of amides is 1. The predicted molar refractivity (Wildman–Crippen MR) is 120 cm³/mol. The van der Waals surface area contributed by atoms with Crippen molar-refractivity contribution in [2.45, 2.75) is 19.4 Å². The van der Waals surface area contributed by atoms with Gasteiger partial charge in [-0.2, -0.15) is 0 Å². The topological polar surface area (TPSA) is 56.1 Å². The van der Waals surface area contributed by atoms with E-state index in [1.165, 1.54) is 5.56 Å². The van der Waals surface area contributed by atoms with Crippen molar-refractivity contribution in [3.63, 3.8) is 0 Å². The van der Waals surface area contributed by atoms with Gasteiger partial charge in [-0.25, -0.2) is 4.98 Å². The number of carbonyl (C=O) groups excluding carboxylic acids is 1. The molecule has 1 aliphatic rings. The SMILES string of the molecule is COc1cc2c(cc1OC)[C@H](c1cccs1)N(C(=O)c1cn3c(C)cccc3n1)CC2. The van der Waals surface area contributed by atoms with Crippen LogP contribution in [0.15, 0.2) is 54.0 Å². The summed E-state index contributed by atoms with van der Waals surface area (Å²) in [4.78, 5) is 21.3. The molecule has 0 saturated carbocycles. The molecule has 158 valence electrons. The maximum absolute atomic E-state index is 13.7. The minimum absolute atomic E-state index is 0.0677. The summed E-state index contributed by atoms with van der Waals surface area (Å²) in [6.45, 7) is 2.62. The van der Waals surface area contributed by atoms with E-state index in [1.54, 1.807) is 25.6 Å². The summed E-state index contributed by atoms with van der Waals surface area (Å²) < 4.78 is 13.0. The lowest BCUT2D eigenvalue weighted by Crippen LogP contribution is -2.40. The normalized spacial score (nSPS) is 15.7. The van der Waals surface area contributed by atoms with E-state index >= 15 is 0 Å². The molecular formula is C24H23N3O3S. The van der Waals surface area contributed by atoms with Gasteiger partial charge in [-0.3, -0.25) is 4.79 Å². The highest BCUT2D eigenvalue weighted by atomic mass is 32.1. The van der Waals surface area contributed by atoms with E-state index in [0.717, 1.165) is 28.2 Å². The number of methoxy groups -OCH3 is 2. The van der Waals surface area contributed by atoms with Gasteiger partial charge in [0.25, 0.3) is 5.91 Å². The maximum Gasteiger partial charge on any atom is 0.274 e. The molecule has 1 aliphatic heterocycles. The summed E-state index contributed by atoms with van der Waals surface area (Å²) >= 11 is 1.65. The summed E-state index contributed by atoms with van der Waals surface area (Å²) in [5.41, 5.74) is 4.52. The zero-order chi connectivity index (χ0) is 21.5. The third kappa shape index (κ3) is 3.25. The number of rotatable bonds is 4. The Kier molecular flexibility index (Phi) is 4.90. The molecule has 0 saturated heterocycles. The lowest BCUT2D eigenvalue weighted by atomic mass is 9.90. The first-order valence-electron chi connectivity index (χ1n) is 10.1. The largest absolute Gasteiger partial charge is 0.493 e. The van der Waals surface area contributed by atoms with Crippen LogP contribution in [0.1, 0.15) is 38.2 Å². The molecule has 1 aromatic carbocycles. The standard InChI is InChI=1S/C24H23N3O3S/c1-15-6-4-8-22-25-18(14-27(15)22)24(28)26-10-9-16-12-19(29-2)20(30-3)13-17(16)23(26)21-7-5-11-31-21/h4-8,11-14,23H,9-10H2,1-3H3/t23-/m1/s1. The molecule has 1 atom stereocenters. The zero-order valence-electron chi connectivity index (χ0n) is 17.7. The van der Waals surface area contributed by atoms with Gasteiger partial charge < -0.3 is 18.8 Å². The van der Waals surface area contributed by atoms with Crippen LogP contribution in [0, 0.1) is 6.92 Å². The molecule has 0 bridgehead atoms. The zero-order valence-corrected chi connectivity index (χ0v) is 18.5. The fourth-order valence-corrected chi connectivity index (χ4v) is 5.17. The lowest BCUT2D eigenvalue weighted by molar-refractivity contribution is 0.0691. The molecule has 5 rings (SSSR count). The van der Waals surface area contributed by atoms with Crippen LogP contribution in [0.2, 0.25) is 0 Å². The molecule has 0 radical (unpaired) electrons. The van der Waals surface area contributed by atoms with Gasteiger partial charge in [0.1, 0.15) is 11.3 Å². The fraction of sp³-hybridized carbons (Fsp3) is 0.250. The average molecular weight is 434 g/mol. The van der Waals surface area contributed by atoms with Gasteiger partial charge in [0.2, 0.25) is 0 Å². The van der Waals surface area contributed by atoms with Crippen LogP contribution < -0.4 is 9.47 Å². The van der Waals surface area contributed by atoms with Gasteiger partial charge in [-0.1, -0.05) is 12.1 Å². The summed E-state index contributed by atoms with van der Waals surface area (Å²) in [5, 5.41) is 2.04. The fourth-order valence-electron chi connectivity index (χ4n) is 4.32. The second kappa shape index (κ2) is 7.74. The number of hydrogen-bond donors (Lipinski definition) is 0. The number of carbonyl (C=O) groups is 1.